The number of aromatic nitrogens is 3. The van der Waals surface area contributed by atoms with E-state index in [9.17, 15) is 18.0 Å². The molecule has 35 heavy (non-hydrogen) atoms. The van der Waals surface area contributed by atoms with Crippen molar-refractivity contribution in [1.82, 2.24) is 14.5 Å². The smallest absolute Gasteiger partial charge is 0.416 e. The third-order valence-corrected chi connectivity index (χ3v) is 6.48. The van der Waals surface area contributed by atoms with Gasteiger partial charge in [0.1, 0.15) is 17.0 Å². The summed E-state index contributed by atoms with van der Waals surface area (Å²) in [6, 6.07) is 17.3. The third kappa shape index (κ3) is 4.60. The molecule has 5 rings (SSSR count). The Morgan fingerprint density at radius 2 is 1.83 bits per heavy atom. The molecular weight excluding hydrogens is 477 g/mol. The molecule has 0 saturated heterocycles. The second kappa shape index (κ2) is 8.88. The first-order valence-electron chi connectivity index (χ1n) is 10.5. The number of alkyl halides is 3. The third-order valence-electron chi connectivity index (χ3n) is 5.44. The van der Waals surface area contributed by atoms with E-state index in [1.54, 1.807) is 18.2 Å². The highest BCUT2D eigenvalue weighted by Crippen LogP contribution is 2.34. The van der Waals surface area contributed by atoms with E-state index in [2.05, 4.69) is 15.3 Å². The van der Waals surface area contributed by atoms with E-state index >= 15 is 0 Å². The number of carboxylic acids is 1. The number of halogens is 3. The van der Waals surface area contributed by atoms with Crippen LogP contribution in [0.5, 0.6) is 0 Å². The van der Waals surface area contributed by atoms with Gasteiger partial charge in [0, 0.05) is 23.7 Å². The Balaban J connectivity index is 1.39. The van der Waals surface area contributed by atoms with Gasteiger partial charge in [0.15, 0.2) is 0 Å². The van der Waals surface area contributed by atoms with E-state index in [0.29, 0.717) is 23.4 Å². The number of carbonyl (C=O) groups is 1. The van der Waals surface area contributed by atoms with Crippen molar-refractivity contribution in [3.63, 3.8) is 0 Å². The topological polar surface area (TPSA) is 80.0 Å². The van der Waals surface area contributed by atoms with Crippen molar-refractivity contribution in [1.29, 1.82) is 0 Å². The van der Waals surface area contributed by atoms with Gasteiger partial charge in [-0.2, -0.15) is 13.2 Å². The van der Waals surface area contributed by atoms with Crippen LogP contribution in [0.25, 0.3) is 27.3 Å². The Morgan fingerprint density at radius 3 is 2.57 bits per heavy atom. The molecule has 0 spiro atoms. The maximum absolute atomic E-state index is 12.9. The second-order valence-electron chi connectivity index (χ2n) is 7.72. The minimum atomic E-state index is -4.40. The zero-order valence-corrected chi connectivity index (χ0v) is 18.8. The van der Waals surface area contributed by atoms with Crippen molar-refractivity contribution in [2.24, 2.45) is 0 Å². The molecule has 0 bridgehead atoms. The number of thiophene rings is 1. The molecule has 0 amide bonds. The van der Waals surface area contributed by atoms with Gasteiger partial charge in [-0.3, -0.25) is 4.57 Å². The van der Waals surface area contributed by atoms with Crippen LogP contribution in [0.4, 0.5) is 18.2 Å². The van der Waals surface area contributed by atoms with Gasteiger partial charge in [-0.05, 0) is 48.0 Å². The molecule has 0 aliphatic carbocycles. The van der Waals surface area contributed by atoms with Crippen molar-refractivity contribution in [3.05, 3.63) is 95.9 Å². The van der Waals surface area contributed by atoms with Crippen molar-refractivity contribution in [3.8, 4) is 16.3 Å². The molecule has 0 saturated carbocycles. The maximum atomic E-state index is 12.9. The summed E-state index contributed by atoms with van der Waals surface area (Å²) in [6.07, 6.45) is -1.15. The van der Waals surface area contributed by atoms with Crippen LogP contribution in [0.15, 0.2) is 79.3 Å². The first-order chi connectivity index (χ1) is 16.8. The van der Waals surface area contributed by atoms with E-state index in [1.165, 1.54) is 29.8 Å². The number of anilines is 1. The molecule has 3 aromatic heterocycles. The Labute approximate surface area is 201 Å². The van der Waals surface area contributed by atoms with Gasteiger partial charge >= 0.3 is 12.1 Å². The molecule has 6 nitrogen and oxygen atoms in total. The number of hydrogen-bond acceptors (Lipinski definition) is 5. The Kier molecular flexibility index (Phi) is 5.73. The van der Waals surface area contributed by atoms with Crippen LogP contribution in [0.2, 0.25) is 0 Å². The number of fused-ring (bicyclic) bond motifs is 1. The molecule has 5 aromatic rings. The predicted molar refractivity (Wildman–Crippen MR) is 128 cm³/mol. The molecule has 0 aliphatic rings. The van der Waals surface area contributed by atoms with Crippen LogP contribution in [0, 0.1) is 0 Å². The first-order valence-corrected chi connectivity index (χ1v) is 11.3. The molecule has 0 aliphatic heterocycles. The van der Waals surface area contributed by atoms with E-state index in [1.807, 2.05) is 35.0 Å². The van der Waals surface area contributed by atoms with Crippen LogP contribution in [0.3, 0.4) is 0 Å². The molecule has 0 atom stereocenters. The highest BCUT2D eigenvalue weighted by molar-refractivity contribution is 7.18. The van der Waals surface area contributed by atoms with Gasteiger partial charge in [0.05, 0.1) is 21.8 Å². The van der Waals surface area contributed by atoms with Crippen molar-refractivity contribution in [2.45, 2.75) is 12.7 Å². The SMILES string of the molecule is O=C(O)c1cccc(CNc2ccc(-n3ccc4c(-c5ccc(C(F)(F)F)cc5)ncnc43)s2)c1. The number of aromatic carboxylic acids is 1. The van der Waals surface area contributed by atoms with Crippen LogP contribution in [-0.4, -0.2) is 25.6 Å². The van der Waals surface area contributed by atoms with Gasteiger partial charge in [-0.1, -0.05) is 24.3 Å². The summed E-state index contributed by atoms with van der Waals surface area (Å²) >= 11 is 1.49. The van der Waals surface area contributed by atoms with Gasteiger partial charge in [-0.15, -0.1) is 11.3 Å². The fraction of sp³-hybridized carbons (Fsp3) is 0.0800. The van der Waals surface area contributed by atoms with Crippen LogP contribution >= 0.6 is 11.3 Å². The highest BCUT2D eigenvalue weighted by Gasteiger charge is 2.30. The van der Waals surface area contributed by atoms with E-state index in [0.717, 1.165) is 33.1 Å². The molecule has 176 valence electrons. The molecule has 0 radical (unpaired) electrons. The van der Waals surface area contributed by atoms with Gasteiger partial charge in [0.25, 0.3) is 0 Å². The summed E-state index contributed by atoms with van der Waals surface area (Å²) in [7, 11) is 0. The molecular formula is C25H17F3N4O2S. The number of carboxylic acid groups (broad SMARTS) is 1. The first kappa shape index (κ1) is 22.6. The second-order valence-corrected chi connectivity index (χ2v) is 8.78. The minimum absolute atomic E-state index is 0.235. The van der Waals surface area contributed by atoms with Crippen molar-refractivity contribution < 1.29 is 23.1 Å². The molecule has 0 unspecified atom stereocenters. The summed E-state index contributed by atoms with van der Waals surface area (Å²) in [6.45, 7) is 0.466. The van der Waals surface area contributed by atoms with E-state index < -0.39 is 17.7 Å². The summed E-state index contributed by atoms with van der Waals surface area (Å²) in [4.78, 5) is 19.9. The maximum Gasteiger partial charge on any atom is 0.416 e. The fourth-order valence-corrected chi connectivity index (χ4v) is 4.62. The summed E-state index contributed by atoms with van der Waals surface area (Å²) in [5.41, 5.74) is 2.13. The summed E-state index contributed by atoms with van der Waals surface area (Å²) in [5, 5.41) is 14.9. The van der Waals surface area contributed by atoms with Crippen molar-refractivity contribution >= 4 is 33.3 Å². The largest absolute Gasteiger partial charge is 0.478 e. The minimum Gasteiger partial charge on any atom is -0.478 e. The monoisotopic (exact) mass is 494 g/mol. The van der Waals surface area contributed by atoms with Crippen molar-refractivity contribution in [2.75, 3.05) is 5.32 Å². The number of nitrogens with zero attached hydrogens (tertiary/aromatic N) is 3. The summed E-state index contributed by atoms with van der Waals surface area (Å²) < 4.78 is 40.6. The lowest BCUT2D eigenvalue weighted by Crippen LogP contribution is -2.04. The van der Waals surface area contributed by atoms with Crippen LogP contribution in [0.1, 0.15) is 21.5 Å². The van der Waals surface area contributed by atoms with E-state index in [-0.39, 0.29) is 5.56 Å². The zero-order valence-electron chi connectivity index (χ0n) is 18.0. The molecule has 2 N–H and O–H groups in total. The average molecular weight is 494 g/mol. The Morgan fingerprint density at radius 1 is 1.03 bits per heavy atom. The fourth-order valence-electron chi connectivity index (χ4n) is 3.73. The lowest BCUT2D eigenvalue weighted by Gasteiger charge is -2.08. The van der Waals surface area contributed by atoms with E-state index in [4.69, 9.17) is 5.11 Å². The molecule has 0 fully saturated rings. The molecule has 2 aromatic carbocycles. The molecule has 3 heterocycles. The van der Waals surface area contributed by atoms with Gasteiger partial charge < -0.3 is 10.4 Å². The van der Waals surface area contributed by atoms with Gasteiger partial charge in [0.2, 0.25) is 0 Å². The predicted octanol–water partition coefficient (Wildman–Crippen LogP) is 6.48. The number of rotatable bonds is 6. The average Bonchev–Trinajstić information content (AvgIpc) is 3.49. The quantitative estimate of drug-likeness (QED) is 0.283. The Bertz CT molecular complexity index is 1520. The number of nitrogens with one attached hydrogen (secondary N) is 1. The summed E-state index contributed by atoms with van der Waals surface area (Å²) in [5.74, 6) is -0.970. The Hall–Kier alpha value is -4.18. The zero-order chi connectivity index (χ0) is 24.6. The molecule has 10 heteroatoms. The van der Waals surface area contributed by atoms with Gasteiger partial charge in [-0.25, -0.2) is 14.8 Å². The number of benzene rings is 2. The van der Waals surface area contributed by atoms with Crippen LogP contribution < -0.4 is 5.32 Å². The lowest BCUT2D eigenvalue weighted by molar-refractivity contribution is -0.137. The highest BCUT2D eigenvalue weighted by atomic mass is 32.1. The lowest BCUT2D eigenvalue weighted by atomic mass is 10.1. The van der Waals surface area contributed by atoms with Crippen LogP contribution in [-0.2, 0) is 12.7 Å². The standard InChI is InChI=1S/C25H17F3N4O2S/c26-25(27,28)18-6-4-16(5-7-18)22-19-10-11-32(23(19)31-14-30-22)21-9-8-20(35-21)29-13-15-2-1-3-17(12-15)24(33)34/h1-12,14,29H,13H2,(H,33,34). The number of hydrogen-bond donors (Lipinski definition) is 2. The normalized spacial score (nSPS) is 11.6.